The van der Waals surface area contributed by atoms with Crippen molar-refractivity contribution in [1.82, 2.24) is 4.98 Å². The summed E-state index contributed by atoms with van der Waals surface area (Å²) in [5.74, 6) is 1.39. The van der Waals surface area contributed by atoms with Crippen LogP contribution in [0.25, 0.3) is 0 Å². The SMILES string of the molecule is C=C1CCCC1(C)C(O[Si](C)(C)C(C)(C)C)c1ncc(Br)c(OCCCC)c1OC. The Morgan fingerprint density at radius 1 is 1.30 bits per heavy atom. The summed E-state index contributed by atoms with van der Waals surface area (Å²) in [6, 6.07) is 0. The molecule has 0 amide bonds. The third kappa shape index (κ3) is 5.13. The maximum absolute atomic E-state index is 7.07. The minimum absolute atomic E-state index is 0.0879. The normalized spacial score (nSPS) is 21.0. The third-order valence-electron chi connectivity index (χ3n) is 6.95. The van der Waals surface area contributed by atoms with Crippen molar-refractivity contribution >= 4 is 24.2 Å². The maximum Gasteiger partial charge on any atom is 0.193 e. The smallest absolute Gasteiger partial charge is 0.193 e. The van der Waals surface area contributed by atoms with Gasteiger partial charge in [0.2, 0.25) is 0 Å². The van der Waals surface area contributed by atoms with Crippen LogP contribution in [0.3, 0.4) is 0 Å². The molecule has 1 aromatic rings. The highest BCUT2D eigenvalue weighted by molar-refractivity contribution is 9.10. The van der Waals surface area contributed by atoms with Crippen molar-refractivity contribution in [2.24, 2.45) is 5.41 Å². The molecular weight excluding hydrogens is 458 g/mol. The van der Waals surface area contributed by atoms with Crippen LogP contribution in [0.2, 0.25) is 18.1 Å². The van der Waals surface area contributed by atoms with Gasteiger partial charge >= 0.3 is 0 Å². The van der Waals surface area contributed by atoms with E-state index in [9.17, 15) is 0 Å². The Labute approximate surface area is 193 Å². The van der Waals surface area contributed by atoms with Crippen LogP contribution in [-0.2, 0) is 4.43 Å². The molecule has 30 heavy (non-hydrogen) atoms. The molecule has 2 unspecified atom stereocenters. The second-order valence-electron chi connectivity index (χ2n) is 10.2. The molecule has 2 rings (SSSR count). The second-order valence-corrected chi connectivity index (χ2v) is 15.8. The average Bonchev–Trinajstić information content (AvgIpc) is 3.00. The Kier molecular flexibility index (Phi) is 8.25. The van der Waals surface area contributed by atoms with Gasteiger partial charge in [0.25, 0.3) is 0 Å². The molecule has 1 saturated carbocycles. The average molecular weight is 499 g/mol. The van der Waals surface area contributed by atoms with Gasteiger partial charge in [-0.05, 0) is 59.7 Å². The Bertz CT molecular complexity index is 760. The summed E-state index contributed by atoms with van der Waals surface area (Å²) in [6.07, 6.45) is 6.88. The van der Waals surface area contributed by atoms with Crippen LogP contribution in [0.4, 0.5) is 0 Å². The fraction of sp³-hybridized carbons (Fsp3) is 0.708. The molecule has 170 valence electrons. The molecule has 0 radical (unpaired) electrons. The molecule has 1 aromatic heterocycles. The second kappa shape index (κ2) is 9.74. The molecule has 0 bridgehead atoms. The largest absolute Gasteiger partial charge is 0.491 e. The molecule has 4 nitrogen and oxygen atoms in total. The van der Waals surface area contributed by atoms with Crippen LogP contribution in [-0.4, -0.2) is 27.0 Å². The molecule has 1 fully saturated rings. The van der Waals surface area contributed by atoms with E-state index >= 15 is 0 Å². The van der Waals surface area contributed by atoms with Crippen molar-refractivity contribution in [2.75, 3.05) is 13.7 Å². The third-order valence-corrected chi connectivity index (χ3v) is 12.0. The topological polar surface area (TPSA) is 40.6 Å². The van der Waals surface area contributed by atoms with Crippen LogP contribution in [0.5, 0.6) is 11.5 Å². The monoisotopic (exact) mass is 497 g/mol. The molecule has 0 aromatic carbocycles. The summed E-state index contributed by atoms with van der Waals surface area (Å²) < 4.78 is 19.9. The highest BCUT2D eigenvalue weighted by Crippen LogP contribution is 2.56. The molecule has 0 aliphatic heterocycles. The first-order chi connectivity index (χ1) is 13.9. The number of nitrogens with zero attached hydrogens (tertiary/aromatic N) is 1. The molecule has 0 spiro atoms. The summed E-state index contributed by atoms with van der Waals surface area (Å²) in [6.45, 7) is 20.9. The first-order valence-corrected chi connectivity index (χ1v) is 14.8. The van der Waals surface area contributed by atoms with Gasteiger partial charge in [-0.3, -0.25) is 4.98 Å². The van der Waals surface area contributed by atoms with E-state index in [4.69, 9.17) is 18.9 Å². The first-order valence-electron chi connectivity index (χ1n) is 11.1. The van der Waals surface area contributed by atoms with E-state index < -0.39 is 8.32 Å². The van der Waals surface area contributed by atoms with Crippen molar-refractivity contribution in [2.45, 2.75) is 91.0 Å². The molecule has 1 aliphatic rings. The number of pyridine rings is 1. The van der Waals surface area contributed by atoms with Crippen LogP contribution in [0.1, 0.15) is 78.5 Å². The van der Waals surface area contributed by atoms with Crippen LogP contribution in [0.15, 0.2) is 22.8 Å². The van der Waals surface area contributed by atoms with Gasteiger partial charge in [0.15, 0.2) is 19.8 Å². The lowest BCUT2D eigenvalue weighted by Gasteiger charge is -2.44. The molecular formula is C24H40BrNO3Si. The van der Waals surface area contributed by atoms with E-state index in [1.54, 1.807) is 7.11 Å². The number of rotatable bonds is 9. The highest BCUT2D eigenvalue weighted by atomic mass is 79.9. The minimum atomic E-state index is -2.08. The fourth-order valence-corrected chi connectivity index (χ4v) is 5.42. The number of hydrogen-bond acceptors (Lipinski definition) is 4. The highest BCUT2D eigenvalue weighted by Gasteiger charge is 2.49. The zero-order chi connectivity index (χ0) is 22.7. The Morgan fingerprint density at radius 3 is 2.47 bits per heavy atom. The van der Waals surface area contributed by atoms with Gasteiger partial charge in [-0.1, -0.05) is 53.2 Å². The summed E-state index contributed by atoms with van der Waals surface area (Å²) in [5.41, 5.74) is 1.89. The predicted octanol–water partition coefficient (Wildman–Crippen LogP) is 7.84. The fourth-order valence-electron chi connectivity index (χ4n) is 3.71. The van der Waals surface area contributed by atoms with E-state index in [1.165, 1.54) is 5.57 Å². The van der Waals surface area contributed by atoms with Crippen LogP contribution in [0, 0.1) is 5.41 Å². The van der Waals surface area contributed by atoms with Crippen LogP contribution >= 0.6 is 15.9 Å². The van der Waals surface area contributed by atoms with E-state index in [2.05, 4.69) is 70.2 Å². The number of hydrogen-bond donors (Lipinski definition) is 0. The maximum atomic E-state index is 7.07. The number of methoxy groups -OCH3 is 1. The van der Waals surface area contributed by atoms with E-state index in [-0.39, 0.29) is 16.6 Å². The van der Waals surface area contributed by atoms with Crippen molar-refractivity contribution in [3.8, 4) is 11.5 Å². The quantitative estimate of drug-likeness (QED) is 0.198. The Balaban J connectivity index is 2.61. The number of aromatic nitrogens is 1. The molecule has 1 aliphatic carbocycles. The Morgan fingerprint density at radius 2 is 1.97 bits per heavy atom. The molecule has 1 heterocycles. The van der Waals surface area contributed by atoms with Gasteiger partial charge in [0.1, 0.15) is 11.8 Å². The lowest BCUT2D eigenvalue weighted by molar-refractivity contribution is 0.0692. The summed E-state index contributed by atoms with van der Waals surface area (Å²) in [4.78, 5) is 4.83. The van der Waals surface area contributed by atoms with E-state index in [0.29, 0.717) is 18.1 Å². The van der Waals surface area contributed by atoms with Gasteiger partial charge in [-0.2, -0.15) is 0 Å². The van der Waals surface area contributed by atoms with E-state index in [0.717, 1.165) is 42.3 Å². The van der Waals surface area contributed by atoms with Gasteiger partial charge in [0.05, 0.1) is 18.2 Å². The van der Waals surface area contributed by atoms with Crippen molar-refractivity contribution in [1.29, 1.82) is 0 Å². The van der Waals surface area contributed by atoms with Gasteiger partial charge in [0, 0.05) is 11.6 Å². The van der Waals surface area contributed by atoms with Crippen molar-refractivity contribution in [3.63, 3.8) is 0 Å². The van der Waals surface area contributed by atoms with Crippen LogP contribution < -0.4 is 9.47 Å². The predicted molar refractivity (Wildman–Crippen MR) is 131 cm³/mol. The van der Waals surface area contributed by atoms with Crippen molar-refractivity contribution < 1.29 is 13.9 Å². The summed E-state index contributed by atoms with van der Waals surface area (Å²) >= 11 is 3.61. The lowest BCUT2D eigenvalue weighted by atomic mass is 9.78. The summed E-state index contributed by atoms with van der Waals surface area (Å²) in [7, 11) is -0.393. The zero-order valence-electron chi connectivity index (χ0n) is 20.2. The molecule has 6 heteroatoms. The minimum Gasteiger partial charge on any atom is -0.491 e. The van der Waals surface area contributed by atoms with Gasteiger partial charge in [-0.25, -0.2) is 0 Å². The number of halogens is 1. The molecule has 0 N–H and O–H groups in total. The van der Waals surface area contributed by atoms with E-state index in [1.807, 2.05) is 6.20 Å². The van der Waals surface area contributed by atoms with Gasteiger partial charge < -0.3 is 13.9 Å². The standard InChI is InChI=1S/C24H40BrNO3Si/c1-10-11-15-28-20-18(25)16-26-19(21(20)27-7)22(24(6)14-12-13-17(24)2)29-30(8,9)23(3,4)5/h16,22H,2,10-15H2,1,3-9H3. The van der Waals surface area contributed by atoms with Gasteiger partial charge in [-0.15, -0.1) is 0 Å². The summed E-state index contributed by atoms with van der Waals surface area (Å²) in [5, 5.41) is 0.0879. The number of ether oxygens (including phenoxy) is 2. The first kappa shape index (κ1) is 25.4. The lowest BCUT2D eigenvalue weighted by Crippen LogP contribution is -2.45. The molecule has 2 atom stereocenters. The zero-order valence-corrected chi connectivity index (χ0v) is 22.7. The Hall–Kier alpha value is -0.853. The number of unbranched alkanes of at least 4 members (excludes halogenated alkanes) is 1. The van der Waals surface area contributed by atoms with Crippen molar-refractivity contribution in [3.05, 3.63) is 28.5 Å². The molecule has 0 saturated heterocycles.